The van der Waals surface area contributed by atoms with Crippen LogP contribution in [-0.4, -0.2) is 22.7 Å². The summed E-state index contributed by atoms with van der Waals surface area (Å²) in [7, 11) is 0. The molecule has 0 bridgehead atoms. The van der Waals surface area contributed by atoms with E-state index >= 15 is 0 Å². The number of carbonyl (C=O) groups excluding carboxylic acids is 1. The molecule has 3 rings (SSSR count). The highest BCUT2D eigenvalue weighted by Crippen LogP contribution is 2.39. The summed E-state index contributed by atoms with van der Waals surface area (Å²) in [5.41, 5.74) is 2.05. The molecule has 1 unspecified atom stereocenters. The van der Waals surface area contributed by atoms with Gasteiger partial charge < -0.3 is 9.84 Å². The van der Waals surface area contributed by atoms with Crippen molar-refractivity contribution in [3.63, 3.8) is 0 Å². The lowest BCUT2D eigenvalue weighted by Crippen LogP contribution is -2.41. The van der Waals surface area contributed by atoms with Crippen LogP contribution < -0.4 is 10.2 Å². The predicted octanol–water partition coefficient (Wildman–Crippen LogP) is 4.05. The van der Waals surface area contributed by atoms with E-state index in [0.717, 1.165) is 17.7 Å². The molecule has 0 aliphatic carbocycles. The van der Waals surface area contributed by atoms with Crippen molar-refractivity contribution in [3.8, 4) is 0 Å². The van der Waals surface area contributed by atoms with Crippen LogP contribution in [0.25, 0.3) is 0 Å². The van der Waals surface area contributed by atoms with Gasteiger partial charge in [0, 0.05) is 24.6 Å². The molecule has 1 aliphatic rings. The topological polar surface area (TPSA) is 71.3 Å². The maximum atomic E-state index is 12.8. The van der Waals surface area contributed by atoms with Gasteiger partial charge >= 0.3 is 6.03 Å². The smallest absolute Gasteiger partial charge is 0.322 e. The number of rotatable bonds is 5. The minimum absolute atomic E-state index is 0.105. The van der Waals surface area contributed by atoms with Crippen molar-refractivity contribution in [1.82, 2.24) is 15.5 Å². The molecular formula is C19H26N4O2. The standard InChI is InChI=1S/C19H26N4O2/c1-12(2)9-10-20-19(24)23-15-8-6-5-7-14(15)11-16(23)17-21-18(13(3)4)25-22-17/h5-8,12-13,16H,9-11H2,1-4H3,(H,20,24). The van der Waals surface area contributed by atoms with Crippen molar-refractivity contribution in [2.45, 2.75) is 52.5 Å². The highest BCUT2D eigenvalue weighted by Gasteiger charge is 2.37. The molecule has 1 N–H and O–H groups in total. The zero-order valence-corrected chi connectivity index (χ0v) is 15.3. The van der Waals surface area contributed by atoms with Crippen molar-refractivity contribution in [3.05, 3.63) is 41.5 Å². The van der Waals surface area contributed by atoms with E-state index in [1.165, 1.54) is 0 Å². The fourth-order valence-corrected chi connectivity index (χ4v) is 3.01. The van der Waals surface area contributed by atoms with E-state index in [9.17, 15) is 4.79 Å². The number of hydrogen-bond donors (Lipinski definition) is 1. The number of aromatic nitrogens is 2. The largest absolute Gasteiger partial charge is 0.339 e. The lowest BCUT2D eigenvalue weighted by molar-refractivity contribution is 0.243. The van der Waals surface area contributed by atoms with E-state index in [1.54, 1.807) is 4.90 Å². The Bertz CT molecular complexity index is 739. The van der Waals surface area contributed by atoms with Gasteiger partial charge in [0.2, 0.25) is 5.89 Å². The molecule has 2 amide bonds. The third kappa shape index (κ3) is 3.67. The van der Waals surface area contributed by atoms with Gasteiger partial charge in [-0.3, -0.25) is 4.90 Å². The highest BCUT2D eigenvalue weighted by molar-refractivity contribution is 5.95. The van der Waals surface area contributed by atoms with E-state index in [1.807, 2.05) is 38.1 Å². The summed E-state index contributed by atoms with van der Waals surface area (Å²) >= 11 is 0. The number of carbonyl (C=O) groups is 1. The molecular weight excluding hydrogens is 316 g/mol. The zero-order valence-electron chi connectivity index (χ0n) is 15.3. The van der Waals surface area contributed by atoms with Crippen molar-refractivity contribution < 1.29 is 9.32 Å². The van der Waals surface area contributed by atoms with Gasteiger partial charge in [0.15, 0.2) is 5.82 Å². The molecule has 134 valence electrons. The van der Waals surface area contributed by atoms with Crippen LogP contribution in [0, 0.1) is 5.92 Å². The quantitative estimate of drug-likeness (QED) is 0.890. The fourth-order valence-electron chi connectivity index (χ4n) is 3.01. The second-order valence-corrected chi connectivity index (χ2v) is 7.28. The van der Waals surface area contributed by atoms with Gasteiger partial charge in [-0.15, -0.1) is 0 Å². The molecule has 0 saturated heterocycles. The number of nitrogens with zero attached hydrogens (tertiary/aromatic N) is 3. The Kier molecular flexibility index (Phi) is 5.06. The number of para-hydroxylation sites is 1. The summed E-state index contributed by atoms with van der Waals surface area (Å²) < 4.78 is 5.36. The number of hydrogen-bond acceptors (Lipinski definition) is 4. The Hall–Kier alpha value is -2.37. The Morgan fingerprint density at radius 2 is 2.08 bits per heavy atom. The Morgan fingerprint density at radius 1 is 1.32 bits per heavy atom. The van der Waals surface area contributed by atoms with Crippen molar-refractivity contribution in [2.24, 2.45) is 5.92 Å². The SMILES string of the molecule is CC(C)CCNC(=O)N1c2ccccc2CC1c1noc(C(C)C)n1. The molecule has 2 aromatic rings. The van der Waals surface area contributed by atoms with E-state index in [2.05, 4.69) is 29.3 Å². The van der Waals surface area contributed by atoms with Crippen LogP contribution in [0.15, 0.2) is 28.8 Å². The van der Waals surface area contributed by atoms with Gasteiger partial charge in [0.05, 0.1) is 0 Å². The molecule has 6 nitrogen and oxygen atoms in total. The minimum Gasteiger partial charge on any atom is -0.339 e. The van der Waals surface area contributed by atoms with Gasteiger partial charge in [-0.05, 0) is 24.0 Å². The van der Waals surface area contributed by atoms with Crippen molar-refractivity contribution in [2.75, 3.05) is 11.4 Å². The molecule has 0 radical (unpaired) electrons. The first-order valence-electron chi connectivity index (χ1n) is 8.95. The summed E-state index contributed by atoms with van der Waals surface area (Å²) in [6.07, 6.45) is 1.65. The summed E-state index contributed by atoms with van der Waals surface area (Å²) in [6, 6.07) is 7.63. The second kappa shape index (κ2) is 7.25. The lowest BCUT2D eigenvalue weighted by Gasteiger charge is -2.24. The number of benzene rings is 1. The van der Waals surface area contributed by atoms with Crippen LogP contribution in [-0.2, 0) is 6.42 Å². The lowest BCUT2D eigenvalue weighted by atomic mass is 10.1. The van der Waals surface area contributed by atoms with Gasteiger partial charge in [0.25, 0.3) is 0 Å². The first kappa shape index (κ1) is 17.5. The Morgan fingerprint density at radius 3 is 2.76 bits per heavy atom. The molecule has 1 atom stereocenters. The molecule has 1 aromatic heterocycles. The number of amides is 2. The van der Waals surface area contributed by atoms with Gasteiger partial charge in [-0.25, -0.2) is 4.79 Å². The second-order valence-electron chi connectivity index (χ2n) is 7.28. The summed E-state index contributed by atoms with van der Waals surface area (Å²) in [5.74, 6) is 1.89. The third-order valence-corrected chi connectivity index (χ3v) is 4.44. The third-order valence-electron chi connectivity index (χ3n) is 4.44. The zero-order chi connectivity index (χ0) is 18.0. The summed E-state index contributed by atoms with van der Waals surface area (Å²) in [4.78, 5) is 19.1. The molecule has 25 heavy (non-hydrogen) atoms. The van der Waals surface area contributed by atoms with Crippen LogP contribution >= 0.6 is 0 Å². The first-order chi connectivity index (χ1) is 12.0. The number of anilines is 1. The molecule has 2 heterocycles. The van der Waals surface area contributed by atoms with Crippen LogP contribution in [0.4, 0.5) is 10.5 Å². The minimum atomic E-state index is -0.229. The number of fused-ring (bicyclic) bond motifs is 1. The average molecular weight is 342 g/mol. The first-order valence-corrected chi connectivity index (χ1v) is 8.95. The molecule has 6 heteroatoms. The normalized spacial score (nSPS) is 16.6. The maximum Gasteiger partial charge on any atom is 0.322 e. The fraction of sp³-hybridized carbons (Fsp3) is 0.526. The van der Waals surface area contributed by atoms with Crippen molar-refractivity contribution in [1.29, 1.82) is 0 Å². The van der Waals surface area contributed by atoms with E-state index in [4.69, 9.17) is 4.52 Å². The molecule has 1 aliphatic heterocycles. The predicted molar refractivity (Wildman–Crippen MR) is 96.6 cm³/mol. The molecule has 0 saturated carbocycles. The van der Waals surface area contributed by atoms with E-state index < -0.39 is 0 Å². The van der Waals surface area contributed by atoms with Gasteiger partial charge in [0.1, 0.15) is 6.04 Å². The highest BCUT2D eigenvalue weighted by atomic mass is 16.5. The van der Waals surface area contributed by atoms with Crippen LogP contribution in [0.5, 0.6) is 0 Å². The monoisotopic (exact) mass is 342 g/mol. The number of urea groups is 1. The van der Waals surface area contributed by atoms with Crippen LogP contribution in [0.2, 0.25) is 0 Å². The molecule has 1 aromatic carbocycles. The van der Waals surface area contributed by atoms with Gasteiger partial charge in [-0.1, -0.05) is 51.1 Å². The number of nitrogens with one attached hydrogen (secondary N) is 1. The molecule has 0 fully saturated rings. The maximum absolute atomic E-state index is 12.8. The molecule has 0 spiro atoms. The van der Waals surface area contributed by atoms with Crippen LogP contribution in [0.3, 0.4) is 0 Å². The average Bonchev–Trinajstić information content (AvgIpc) is 3.19. The Labute approximate surface area is 148 Å². The summed E-state index contributed by atoms with van der Waals surface area (Å²) in [5, 5.41) is 7.16. The van der Waals surface area contributed by atoms with Crippen molar-refractivity contribution >= 4 is 11.7 Å². The van der Waals surface area contributed by atoms with E-state index in [-0.39, 0.29) is 18.0 Å². The Balaban J connectivity index is 1.85. The van der Waals surface area contributed by atoms with Crippen LogP contribution in [0.1, 0.15) is 63.4 Å². The van der Waals surface area contributed by atoms with Gasteiger partial charge in [-0.2, -0.15) is 4.98 Å². The van der Waals surface area contributed by atoms with E-state index in [0.29, 0.717) is 30.6 Å². The summed E-state index contributed by atoms with van der Waals surface area (Å²) in [6.45, 7) is 8.97.